The quantitative estimate of drug-likeness (QED) is 0.732. The summed E-state index contributed by atoms with van der Waals surface area (Å²) in [5.41, 5.74) is 1.67. The summed E-state index contributed by atoms with van der Waals surface area (Å²) in [5.74, 6) is 0.256. The Labute approximate surface area is 127 Å². The molecule has 0 spiro atoms. The van der Waals surface area contributed by atoms with E-state index >= 15 is 0 Å². The van der Waals surface area contributed by atoms with Gasteiger partial charge in [0.25, 0.3) is 0 Å². The van der Waals surface area contributed by atoms with E-state index in [4.69, 9.17) is 0 Å². The molecule has 0 aliphatic carbocycles. The summed E-state index contributed by atoms with van der Waals surface area (Å²) in [4.78, 5) is 5.23. The highest BCUT2D eigenvalue weighted by Crippen LogP contribution is 2.30. The van der Waals surface area contributed by atoms with Gasteiger partial charge in [-0.15, -0.1) is 0 Å². The average molecular weight is 294 g/mol. The zero-order chi connectivity index (χ0) is 14.5. The van der Waals surface area contributed by atoms with Gasteiger partial charge in [0.2, 0.25) is 0 Å². The summed E-state index contributed by atoms with van der Waals surface area (Å²) in [6.45, 7) is 0. The molecule has 0 saturated carbocycles. The smallest absolute Gasteiger partial charge is 0.124 e. The molecule has 0 atom stereocenters. The number of para-hydroxylation sites is 1. The summed E-state index contributed by atoms with van der Waals surface area (Å²) < 4.78 is 1.89. The third-order valence-electron chi connectivity index (χ3n) is 3.01. The number of rotatable bonds is 4. The highest BCUT2D eigenvalue weighted by Gasteiger charge is 2.08. The topological polar surface area (TPSA) is 38.0 Å². The molecule has 3 aromatic rings. The predicted molar refractivity (Wildman–Crippen MR) is 86.0 cm³/mol. The second-order valence-corrected chi connectivity index (χ2v) is 5.36. The van der Waals surface area contributed by atoms with Crippen LogP contribution in [0.25, 0.3) is 5.70 Å². The zero-order valence-corrected chi connectivity index (χ0v) is 12.1. The van der Waals surface area contributed by atoms with E-state index in [0.717, 1.165) is 16.2 Å². The number of nitrogens with zero attached hydrogens (tertiary/aromatic N) is 2. The number of phenols is 1. The van der Waals surface area contributed by atoms with Gasteiger partial charge in [-0.3, -0.25) is 0 Å². The van der Waals surface area contributed by atoms with Crippen LogP contribution in [-0.4, -0.2) is 14.7 Å². The number of hydrogen-bond acceptors (Lipinski definition) is 3. The summed E-state index contributed by atoms with van der Waals surface area (Å²) in [6, 6.07) is 17.4. The normalized spacial score (nSPS) is 11.5. The van der Waals surface area contributed by atoms with Crippen molar-refractivity contribution in [1.29, 1.82) is 0 Å². The highest BCUT2D eigenvalue weighted by atomic mass is 32.2. The minimum absolute atomic E-state index is 0.256. The molecule has 104 valence electrons. The van der Waals surface area contributed by atoms with Crippen molar-refractivity contribution >= 4 is 17.5 Å². The number of phenolic OH excluding ortho intramolecular Hbond substituents is 1. The predicted octanol–water partition coefficient (Wildman–Crippen LogP) is 4.23. The Hall–Kier alpha value is -2.46. The average Bonchev–Trinajstić information content (AvgIpc) is 3.04. The molecule has 3 nitrogen and oxygen atoms in total. The molecule has 3 rings (SSSR count). The SMILES string of the molecule is Oc1ccccc1/C(=C/Sc1ccccc1)n1ccnc1. The van der Waals surface area contributed by atoms with Gasteiger partial charge in [-0.25, -0.2) is 4.98 Å². The number of aromatic hydroxyl groups is 1. The van der Waals surface area contributed by atoms with Gasteiger partial charge in [-0.1, -0.05) is 42.1 Å². The van der Waals surface area contributed by atoms with Crippen molar-refractivity contribution in [3.63, 3.8) is 0 Å². The lowest BCUT2D eigenvalue weighted by molar-refractivity contribution is 0.473. The summed E-state index contributed by atoms with van der Waals surface area (Å²) in [6.07, 6.45) is 5.31. The second kappa shape index (κ2) is 6.33. The van der Waals surface area contributed by atoms with Crippen LogP contribution in [0.1, 0.15) is 5.56 Å². The lowest BCUT2D eigenvalue weighted by Gasteiger charge is -2.10. The molecule has 1 heterocycles. The van der Waals surface area contributed by atoms with Crippen LogP contribution in [-0.2, 0) is 0 Å². The van der Waals surface area contributed by atoms with Gasteiger partial charge in [0.1, 0.15) is 5.75 Å². The third-order valence-corrected chi connectivity index (χ3v) is 3.90. The third kappa shape index (κ3) is 3.17. The molecule has 2 aromatic carbocycles. The van der Waals surface area contributed by atoms with Gasteiger partial charge in [0, 0.05) is 28.3 Å². The maximum absolute atomic E-state index is 10.1. The van der Waals surface area contributed by atoms with Crippen molar-refractivity contribution in [1.82, 2.24) is 9.55 Å². The van der Waals surface area contributed by atoms with Crippen LogP contribution < -0.4 is 0 Å². The van der Waals surface area contributed by atoms with Gasteiger partial charge >= 0.3 is 0 Å². The van der Waals surface area contributed by atoms with Gasteiger partial charge in [-0.05, 0) is 24.3 Å². The van der Waals surface area contributed by atoms with E-state index in [1.54, 1.807) is 30.4 Å². The van der Waals surface area contributed by atoms with Crippen molar-refractivity contribution in [3.8, 4) is 5.75 Å². The maximum Gasteiger partial charge on any atom is 0.124 e. The largest absolute Gasteiger partial charge is 0.507 e. The fourth-order valence-electron chi connectivity index (χ4n) is 1.98. The Morgan fingerprint density at radius 2 is 1.81 bits per heavy atom. The molecule has 0 amide bonds. The maximum atomic E-state index is 10.1. The summed E-state index contributed by atoms with van der Waals surface area (Å²) in [7, 11) is 0. The van der Waals surface area contributed by atoms with Gasteiger partial charge in [0.05, 0.1) is 12.0 Å². The molecule has 0 radical (unpaired) electrons. The van der Waals surface area contributed by atoms with E-state index in [1.165, 1.54) is 0 Å². The summed E-state index contributed by atoms with van der Waals surface area (Å²) in [5, 5.41) is 12.1. The first-order chi connectivity index (χ1) is 10.3. The number of hydrogen-bond donors (Lipinski definition) is 1. The first-order valence-electron chi connectivity index (χ1n) is 6.53. The van der Waals surface area contributed by atoms with E-state index in [9.17, 15) is 5.11 Å². The van der Waals surface area contributed by atoms with E-state index in [2.05, 4.69) is 17.1 Å². The molecule has 0 aliphatic heterocycles. The second-order valence-electron chi connectivity index (χ2n) is 4.42. The highest BCUT2D eigenvalue weighted by molar-refractivity contribution is 8.02. The van der Waals surface area contributed by atoms with Crippen molar-refractivity contribution in [3.05, 3.63) is 84.3 Å². The van der Waals surface area contributed by atoms with Crippen LogP contribution in [0.15, 0.2) is 83.6 Å². The van der Waals surface area contributed by atoms with Crippen LogP contribution in [0.4, 0.5) is 0 Å². The minimum Gasteiger partial charge on any atom is -0.507 e. The van der Waals surface area contributed by atoms with Crippen LogP contribution in [0.2, 0.25) is 0 Å². The molecule has 0 fully saturated rings. The first kappa shape index (κ1) is 13.5. The monoisotopic (exact) mass is 294 g/mol. The molecule has 0 aliphatic rings. The summed E-state index contributed by atoms with van der Waals surface area (Å²) >= 11 is 1.61. The molecule has 21 heavy (non-hydrogen) atoms. The van der Waals surface area contributed by atoms with Crippen molar-refractivity contribution in [2.75, 3.05) is 0 Å². The number of aromatic nitrogens is 2. The lowest BCUT2D eigenvalue weighted by Crippen LogP contribution is -1.96. The molecule has 0 unspecified atom stereocenters. The minimum atomic E-state index is 0.256. The van der Waals surface area contributed by atoms with Crippen LogP contribution in [0, 0.1) is 0 Å². The number of thioether (sulfide) groups is 1. The number of benzene rings is 2. The Kier molecular flexibility index (Phi) is 4.07. The van der Waals surface area contributed by atoms with E-state index in [0.29, 0.717) is 0 Å². The van der Waals surface area contributed by atoms with Gasteiger partial charge < -0.3 is 9.67 Å². The van der Waals surface area contributed by atoms with Crippen molar-refractivity contribution in [2.45, 2.75) is 4.90 Å². The standard InChI is InChI=1S/C17H14N2OS/c20-17-9-5-4-8-15(17)16(19-11-10-18-13-19)12-21-14-6-2-1-3-7-14/h1-13,20H/b16-12-. The molecular weight excluding hydrogens is 280 g/mol. The van der Waals surface area contributed by atoms with Crippen molar-refractivity contribution in [2.24, 2.45) is 0 Å². The molecule has 1 N–H and O–H groups in total. The fourth-order valence-corrected chi connectivity index (χ4v) is 2.79. The Balaban J connectivity index is 2.00. The van der Waals surface area contributed by atoms with E-state index in [1.807, 2.05) is 52.6 Å². The number of imidazole rings is 1. The van der Waals surface area contributed by atoms with Crippen molar-refractivity contribution < 1.29 is 5.11 Å². The van der Waals surface area contributed by atoms with Gasteiger partial charge in [0.15, 0.2) is 0 Å². The fraction of sp³-hybridized carbons (Fsp3) is 0. The zero-order valence-electron chi connectivity index (χ0n) is 11.3. The molecule has 4 heteroatoms. The Morgan fingerprint density at radius 1 is 1.05 bits per heavy atom. The van der Waals surface area contributed by atoms with Crippen LogP contribution in [0.3, 0.4) is 0 Å². The van der Waals surface area contributed by atoms with Crippen LogP contribution in [0.5, 0.6) is 5.75 Å². The Morgan fingerprint density at radius 3 is 2.52 bits per heavy atom. The Bertz CT molecular complexity index is 737. The molecule has 0 bridgehead atoms. The molecular formula is C17H14N2OS. The molecule has 1 aromatic heterocycles. The molecule has 0 saturated heterocycles. The first-order valence-corrected chi connectivity index (χ1v) is 7.41. The van der Waals surface area contributed by atoms with Crippen LogP contribution >= 0.6 is 11.8 Å². The van der Waals surface area contributed by atoms with E-state index < -0.39 is 0 Å². The lowest BCUT2D eigenvalue weighted by atomic mass is 10.1. The van der Waals surface area contributed by atoms with E-state index in [-0.39, 0.29) is 5.75 Å². The van der Waals surface area contributed by atoms with Gasteiger partial charge in [-0.2, -0.15) is 0 Å².